The molecule has 0 aliphatic rings. The molecule has 0 radical (unpaired) electrons. The lowest BCUT2D eigenvalue weighted by Crippen LogP contribution is -2.16. The van der Waals surface area contributed by atoms with E-state index in [0.717, 1.165) is 0 Å². The van der Waals surface area contributed by atoms with Crippen LogP contribution in [0.4, 0.5) is 11.4 Å². The average Bonchev–Trinajstić information content (AvgIpc) is 2.71. The summed E-state index contributed by atoms with van der Waals surface area (Å²) in [4.78, 5) is 12.3. The van der Waals surface area contributed by atoms with E-state index in [9.17, 15) is 18.3 Å². The molecule has 3 rings (SSSR count). The maximum absolute atomic E-state index is 12.8. The van der Waals surface area contributed by atoms with Gasteiger partial charge >= 0.3 is 0 Å². The number of hydrogen-bond acceptors (Lipinski definition) is 5. The highest BCUT2D eigenvalue weighted by Crippen LogP contribution is 2.27. The monoisotopic (exact) mass is 446 g/mol. The fourth-order valence-electron chi connectivity index (χ4n) is 2.62. The molecular weight excluding hydrogens is 428 g/mol. The number of carbonyl (C=O) groups is 1. The van der Waals surface area contributed by atoms with E-state index in [1.807, 2.05) is 6.92 Å². The van der Waals surface area contributed by atoms with Crippen LogP contribution in [-0.2, 0) is 10.0 Å². The van der Waals surface area contributed by atoms with Gasteiger partial charge in [0, 0.05) is 11.3 Å². The Morgan fingerprint density at radius 3 is 2.43 bits per heavy atom. The van der Waals surface area contributed by atoms with Crippen LogP contribution in [0, 0.1) is 0 Å². The first-order valence-electron chi connectivity index (χ1n) is 8.94. The minimum absolute atomic E-state index is 0.0347. The summed E-state index contributed by atoms with van der Waals surface area (Å²) in [6.45, 7) is 2.34. The maximum Gasteiger partial charge on any atom is 0.263 e. The van der Waals surface area contributed by atoms with Gasteiger partial charge in [0.05, 0.1) is 17.3 Å². The van der Waals surface area contributed by atoms with Gasteiger partial charge in [0.2, 0.25) is 0 Å². The zero-order valence-electron chi connectivity index (χ0n) is 15.9. The zero-order valence-corrected chi connectivity index (χ0v) is 17.5. The molecule has 1 amide bonds. The fraction of sp³-hybridized carbons (Fsp3) is 0.0952. The summed E-state index contributed by atoms with van der Waals surface area (Å²) < 4.78 is 33.4. The van der Waals surface area contributed by atoms with Crippen LogP contribution in [0.15, 0.2) is 71.6 Å². The molecule has 0 atom stereocenters. The Labute approximate surface area is 179 Å². The van der Waals surface area contributed by atoms with Gasteiger partial charge < -0.3 is 15.2 Å². The number of aromatic hydroxyl groups is 1. The van der Waals surface area contributed by atoms with E-state index in [0.29, 0.717) is 18.0 Å². The van der Waals surface area contributed by atoms with E-state index in [1.165, 1.54) is 30.3 Å². The Kier molecular flexibility index (Phi) is 6.49. The number of halogens is 1. The molecule has 9 heteroatoms. The maximum atomic E-state index is 12.8. The van der Waals surface area contributed by atoms with Crippen LogP contribution in [0.3, 0.4) is 0 Å². The van der Waals surface area contributed by atoms with Crippen molar-refractivity contribution in [2.24, 2.45) is 0 Å². The van der Waals surface area contributed by atoms with Crippen molar-refractivity contribution >= 4 is 38.9 Å². The predicted octanol–water partition coefficient (Wildman–Crippen LogP) is 4.50. The van der Waals surface area contributed by atoms with E-state index >= 15 is 0 Å². The molecule has 0 unspecified atom stereocenters. The van der Waals surface area contributed by atoms with Crippen molar-refractivity contribution in [1.82, 2.24) is 0 Å². The molecule has 0 bridgehead atoms. The van der Waals surface area contributed by atoms with Crippen molar-refractivity contribution in [3.63, 3.8) is 0 Å². The number of phenols is 1. The number of phenolic OH excluding ortho intramolecular Hbond substituents is 1. The minimum atomic E-state index is -4.06. The molecule has 0 aliphatic heterocycles. The number of carbonyl (C=O) groups excluding carboxylic acids is 1. The third-order valence-electron chi connectivity index (χ3n) is 4.05. The van der Waals surface area contributed by atoms with Crippen LogP contribution in [0.1, 0.15) is 17.3 Å². The summed E-state index contributed by atoms with van der Waals surface area (Å²) in [5.74, 6) is -0.0863. The molecular formula is C21H19ClN2O5S. The van der Waals surface area contributed by atoms with Gasteiger partial charge in [-0.2, -0.15) is 0 Å². The van der Waals surface area contributed by atoms with Gasteiger partial charge in [0.25, 0.3) is 15.9 Å². The normalized spacial score (nSPS) is 11.0. The number of rotatable bonds is 7. The van der Waals surface area contributed by atoms with E-state index in [2.05, 4.69) is 10.0 Å². The third-order valence-corrected chi connectivity index (χ3v) is 5.92. The lowest BCUT2D eigenvalue weighted by atomic mass is 10.2. The molecule has 0 saturated heterocycles. The lowest BCUT2D eigenvalue weighted by molar-refractivity contribution is 0.102. The van der Waals surface area contributed by atoms with Crippen LogP contribution in [-0.4, -0.2) is 26.0 Å². The van der Waals surface area contributed by atoms with Crippen molar-refractivity contribution in [2.45, 2.75) is 11.8 Å². The number of para-hydroxylation sites is 2. The summed E-state index contributed by atoms with van der Waals surface area (Å²) in [6.07, 6.45) is 0. The molecule has 30 heavy (non-hydrogen) atoms. The second kappa shape index (κ2) is 9.06. The van der Waals surface area contributed by atoms with Crippen LogP contribution >= 0.6 is 11.6 Å². The molecule has 7 nitrogen and oxygen atoms in total. The average molecular weight is 447 g/mol. The van der Waals surface area contributed by atoms with Gasteiger partial charge in [-0.05, 0) is 61.5 Å². The first-order valence-corrected chi connectivity index (χ1v) is 10.8. The minimum Gasteiger partial charge on any atom is -0.506 e. The molecule has 3 N–H and O–H groups in total. The van der Waals surface area contributed by atoms with Crippen LogP contribution in [0.2, 0.25) is 5.02 Å². The van der Waals surface area contributed by atoms with Gasteiger partial charge in [-0.3, -0.25) is 9.52 Å². The Morgan fingerprint density at radius 1 is 1.07 bits per heavy atom. The Morgan fingerprint density at radius 2 is 1.77 bits per heavy atom. The molecule has 0 fully saturated rings. The first kappa shape index (κ1) is 21.5. The highest BCUT2D eigenvalue weighted by molar-refractivity contribution is 7.92. The quantitative estimate of drug-likeness (QED) is 0.463. The number of amides is 1. The van der Waals surface area contributed by atoms with Gasteiger partial charge in [-0.1, -0.05) is 23.7 Å². The molecule has 3 aromatic carbocycles. The van der Waals surface area contributed by atoms with Crippen molar-refractivity contribution in [1.29, 1.82) is 0 Å². The van der Waals surface area contributed by atoms with E-state index in [-0.39, 0.29) is 26.9 Å². The second-order valence-corrected chi connectivity index (χ2v) is 8.24. The van der Waals surface area contributed by atoms with Crippen molar-refractivity contribution in [2.75, 3.05) is 16.6 Å². The number of nitrogens with one attached hydrogen (secondary N) is 2. The molecule has 0 aromatic heterocycles. The van der Waals surface area contributed by atoms with Crippen molar-refractivity contribution < 1.29 is 23.1 Å². The SMILES string of the molecule is CCOc1ccc(NS(=O)(=O)c2cc(C(=O)Nc3ccccc3O)ccc2Cl)cc1. The third kappa shape index (κ3) is 5.03. The Bertz CT molecular complexity index is 1160. The summed E-state index contributed by atoms with van der Waals surface area (Å²) in [5.41, 5.74) is 0.586. The molecule has 0 saturated carbocycles. The van der Waals surface area contributed by atoms with E-state index < -0.39 is 15.9 Å². The van der Waals surface area contributed by atoms with Gasteiger partial charge in [-0.15, -0.1) is 0 Å². The summed E-state index contributed by atoms with van der Waals surface area (Å²) in [5, 5.41) is 12.3. The first-order chi connectivity index (χ1) is 14.3. The van der Waals surface area contributed by atoms with E-state index in [1.54, 1.807) is 36.4 Å². The lowest BCUT2D eigenvalue weighted by Gasteiger charge is -2.12. The zero-order chi connectivity index (χ0) is 21.7. The van der Waals surface area contributed by atoms with Crippen LogP contribution in [0.25, 0.3) is 0 Å². The molecule has 0 heterocycles. The van der Waals surface area contributed by atoms with Crippen LogP contribution < -0.4 is 14.8 Å². The molecule has 0 aliphatic carbocycles. The highest BCUT2D eigenvalue weighted by atomic mass is 35.5. The van der Waals surface area contributed by atoms with Gasteiger partial charge in [0.15, 0.2) is 0 Å². The number of ether oxygens (including phenoxy) is 1. The van der Waals surface area contributed by atoms with Gasteiger partial charge in [-0.25, -0.2) is 8.42 Å². The molecule has 156 valence electrons. The van der Waals surface area contributed by atoms with Gasteiger partial charge in [0.1, 0.15) is 16.4 Å². The Balaban J connectivity index is 1.84. The number of anilines is 2. The summed E-state index contributed by atoms with van der Waals surface area (Å²) >= 11 is 6.09. The number of hydrogen-bond donors (Lipinski definition) is 3. The fourth-order valence-corrected chi connectivity index (χ4v) is 4.21. The second-order valence-electron chi connectivity index (χ2n) is 6.18. The molecule has 3 aromatic rings. The topological polar surface area (TPSA) is 105 Å². The van der Waals surface area contributed by atoms with E-state index in [4.69, 9.17) is 16.3 Å². The smallest absolute Gasteiger partial charge is 0.263 e. The number of sulfonamides is 1. The summed E-state index contributed by atoms with van der Waals surface area (Å²) in [7, 11) is -4.06. The summed E-state index contributed by atoms with van der Waals surface area (Å²) in [6, 6.07) is 16.5. The Hall–Kier alpha value is -3.23. The van der Waals surface area contributed by atoms with Crippen molar-refractivity contribution in [3.05, 3.63) is 77.3 Å². The largest absolute Gasteiger partial charge is 0.506 e. The van der Waals surface area contributed by atoms with Crippen LogP contribution in [0.5, 0.6) is 11.5 Å². The van der Waals surface area contributed by atoms with Crippen molar-refractivity contribution in [3.8, 4) is 11.5 Å². The standard InChI is InChI=1S/C21H19ClN2O5S/c1-2-29-16-10-8-15(9-11-16)24-30(27,28)20-13-14(7-12-17(20)22)21(26)23-18-5-3-4-6-19(18)25/h3-13,24-25H,2H2,1H3,(H,23,26). The highest BCUT2D eigenvalue weighted by Gasteiger charge is 2.21. The number of benzene rings is 3. The predicted molar refractivity (Wildman–Crippen MR) is 116 cm³/mol. The molecule has 0 spiro atoms.